The standard InChI is InChI=1S/C18H11F3N4O5S/c1-28-14-10(15(29-2)23-6-22-14)13(26)25-17-24-11-8-4-3-7(18(19,20)21)5-9(8)30-16(27)12(11)31-17/h3-6H,1-2H3,(H,24,25,26). The van der Waals surface area contributed by atoms with E-state index in [0.717, 1.165) is 35.9 Å². The molecule has 0 spiro atoms. The maximum Gasteiger partial charge on any atom is 0.416 e. The third-order valence-corrected chi connectivity index (χ3v) is 5.14. The van der Waals surface area contributed by atoms with Gasteiger partial charge in [-0.25, -0.2) is 19.7 Å². The van der Waals surface area contributed by atoms with Crippen LogP contribution in [0.25, 0.3) is 21.2 Å². The summed E-state index contributed by atoms with van der Waals surface area (Å²) in [7, 11) is 2.62. The number of thiazole rings is 1. The lowest BCUT2D eigenvalue weighted by Gasteiger charge is -2.09. The molecule has 31 heavy (non-hydrogen) atoms. The molecule has 0 aliphatic heterocycles. The van der Waals surface area contributed by atoms with Crippen LogP contribution in [0.1, 0.15) is 15.9 Å². The average Bonchev–Trinajstić information content (AvgIpc) is 3.16. The molecular weight excluding hydrogens is 441 g/mol. The minimum Gasteiger partial charge on any atom is -0.480 e. The summed E-state index contributed by atoms with van der Waals surface area (Å²) in [6, 6.07) is 2.74. The van der Waals surface area contributed by atoms with E-state index in [9.17, 15) is 22.8 Å². The van der Waals surface area contributed by atoms with Gasteiger partial charge in [-0.15, -0.1) is 0 Å². The summed E-state index contributed by atoms with van der Waals surface area (Å²) in [5.41, 5.74) is -2.11. The summed E-state index contributed by atoms with van der Waals surface area (Å²) < 4.78 is 54.0. The zero-order valence-electron chi connectivity index (χ0n) is 15.7. The van der Waals surface area contributed by atoms with Gasteiger partial charge in [0.25, 0.3) is 5.91 Å². The first-order chi connectivity index (χ1) is 14.7. The van der Waals surface area contributed by atoms with Gasteiger partial charge in [-0.05, 0) is 18.2 Å². The van der Waals surface area contributed by atoms with Gasteiger partial charge in [0, 0.05) is 5.39 Å². The number of nitrogens with one attached hydrogen (secondary N) is 1. The zero-order valence-corrected chi connectivity index (χ0v) is 16.6. The topological polar surface area (TPSA) is 116 Å². The molecule has 3 heterocycles. The van der Waals surface area contributed by atoms with E-state index in [-0.39, 0.29) is 43.6 Å². The molecule has 9 nitrogen and oxygen atoms in total. The van der Waals surface area contributed by atoms with Crippen molar-refractivity contribution < 1.29 is 31.9 Å². The Kier molecular flexibility index (Phi) is 4.97. The fraction of sp³-hybridized carbons (Fsp3) is 0.167. The molecule has 13 heteroatoms. The zero-order chi connectivity index (χ0) is 22.3. The Morgan fingerprint density at radius 3 is 2.45 bits per heavy atom. The third-order valence-electron chi connectivity index (χ3n) is 4.19. The summed E-state index contributed by atoms with van der Waals surface area (Å²) >= 11 is 0.804. The van der Waals surface area contributed by atoms with Gasteiger partial charge < -0.3 is 13.9 Å². The van der Waals surface area contributed by atoms with Crippen LogP contribution in [0, 0.1) is 0 Å². The minimum absolute atomic E-state index is 0.00709. The monoisotopic (exact) mass is 452 g/mol. The van der Waals surface area contributed by atoms with Crippen molar-refractivity contribution in [1.82, 2.24) is 15.0 Å². The second kappa shape index (κ2) is 7.50. The lowest BCUT2D eigenvalue weighted by Crippen LogP contribution is -2.16. The maximum atomic E-state index is 13.0. The van der Waals surface area contributed by atoms with E-state index in [0.29, 0.717) is 0 Å². The van der Waals surface area contributed by atoms with E-state index >= 15 is 0 Å². The van der Waals surface area contributed by atoms with Gasteiger partial charge in [0.05, 0.1) is 19.8 Å². The molecule has 0 unspecified atom stereocenters. The molecular formula is C18H11F3N4O5S. The van der Waals surface area contributed by atoms with Crippen molar-refractivity contribution in [2.45, 2.75) is 6.18 Å². The molecule has 1 amide bonds. The van der Waals surface area contributed by atoms with Gasteiger partial charge in [0.1, 0.15) is 22.1 Å². The van der Waals surface area contributed by atoms with Crippen molar-refractivity contribution in [3.8, 4) is 11.8 Å². The number of halogens is 3. The number of ether oxygens (including phenoxy) is 2. The van der Waals surface area contributed by atoms with E-state index in [2.05, 4.69) is 20.3 Å². The largest absolute Gasteiger partial charge is 0.480 e. The molecule has 0 aliphatic carbocycles. The molecule has 4 aromatic rings. The number of carbonyl (C=O) groups is 1. The molecule has 0 atom stereocenters. The van der Waals surface area contributed by atoms with E-state index in [1.807, 2.05) is 0 Å². The van der Waals surface area contributed by atoms with Crippen LogP contribution in [-0.4, -0.2) is 35.1 Å². The van der Waals surface area contributed by atoms with Crippen LogP contribution in [0.2, 0.25) is 0 Å². The van der Waals surface area contributed by atoms with Crippen molar-refractivity contribution in [1.29, 1.82) is 0 Å². The average molecular weight is 452 g/mol. The third kappa shape index (κ3) is 3.63. The number of carbonyl (C=O) groups excluding carboxylic acids is 1. The van der Waals surface area contributed by atoms with E-state index in [4.69, 9.17) is 13.9 Å². The number of alkyl halides is 3. The van der Waals surface area contributed by atoms with Gasteiger partial charge >= 0.3 is 11.8 Å². The number of fused-ring (bicyclic) bond motifs is 3. The van der Waals surface area contributed by atoms with Crippen LogP contribution in [0.3, 0.4) is 0 Å². The smallest absolute Gasteiger partial charge is 0.416 e. The van der Waals surface area contributed by atoms with Crippen LogP contribution < -0.4 is 20.4 Å². The summed E-state index contributed by atoms with van der Waals surface area (Å²) in [5.74, 6) is -0.813. The quantitative estimate of drug-likeness (QED) is 0.468. The first-order valence-electron chi connectivity index (χ1n) is 8.42. The number of benzene rings is 1. The molecule has 1 N–H and O–H groups in total. The summed E-state index contributed by atoms with van der Waals surface area (Å²) in [6.45, 7) is 0. The van der Waals surface area contributed by atoms with Crippen LogP contribution in [0.15, 0.2) is 33.7 Å². The molecule has 0 aliphatic rings. The Balaban J connectivity index is 1.78. The molecule has 0 saturated heterocycles. The lowest BCUT2D eigenvalue weighted by molar-refractivity contribution is -0.137. The summed E-state index contributed by atoms with van der Waals surface area (Å²) in [4.78, 5) is 36.9. The van der Waals surface area contributed by atoms with Crippen molar-refractivity contribution in [2.24, 2.45) is 0 Å². The summed E-state index contributed by atoms with van der Waals surface area (Å²) in [6.07, 6.45) is -3.45. The van der Waals surface area contributed by atoms with Gasteiger partial charge in [-0.2, -0.15) is 13.2 Å². The number of anilines is 1. The summed E-state index contributed by atoms with van der Waals surface area (Å²) in [5, 5.41) is 2.69. The first kappa shape index (κ1) is 20.5. The van der Waals surface area contributed by atoms with Gasteiger partial charge in [0.2, 0.25) is 11.8 Å². The highest BCUT2D eigenvalue weighted by Gasteiger charge is 2.31. The Morgan fingerprint density at radius 2 is 1.84 bits per heavy atom. The molecule has 1 aromatic carbocycles. The van der Waals surface area contributed by atoms with Crippen molar-refractivity contribution >= 4 is 43.6 Å². The first-order valence-corrected chi connectivity index (χ1v) is 9.23. The fourth-order valence-corrected chi connectivity index (χ4v) is 3.69. The predicted octanol–water partition coefficient (Wildman–Crippen LogP) is 3.48. The Labute approximate surface area is 174 Å². The van der Waals surface area contributed by atoms with Crippen LogP contribution in [0.4, 0.5) is 18.3 Å². The highest BCUT2D eigenvalue weighted by molar-refractivity contribution is 7.22. The number of hydrogen-bond acceptors (Lipinski definition) is 9. The number of nitrogens with zero attached hydrogens (tertiary/aromatic N) is 3. The van der Waals surface area contributed by atoms with Gasteiger partial charge in [-0.3, -0.25) is 10.1 Å². The van der Waals surface area contributed by atoms with Crippen molar-refractivity contribution in [3.63, 3.8) is 0 Å². The molecule has 160 valence electrons. The lowest BCUT2D eigenvalue weighted by atomic mass is 10.1. The highest BCUT2D eigenvalue weighted by atomic mass is 32.1. The Hall–Kier alpha value is -3.74. The molecule has 4 rings (SSSR count). The van der Waals surface area contributed by atoms with Gasteiger partial charge in [0.15, 0.2) is 10.7 Å². The highest BCUT2D eigenvalue weighted by Crippen LogP contribution is 2.35. The number of rotatable bonds is 4. The number of methoxy groups -OCH3 is 2. The van der Waals surface area contributed by atoms with Crippen LogP contribution in [0.5, 0.6) is 11.8 Å². The second-order valence-corrected chi connectivity index (χ2v) is 7.02. The van der Waals surface area contributed by atoms with Crippen LogP contribution >= 0.6 is 11.3 Å². The molecule has 0 fully saturated rings. The molecule has 0 saturated carbocycles. The number of amides is 1. The van der Waals surface area contributed by atoms with E-state index in [1.54, 1.807) is 0 Å². The Bertz CT molecular complexity index is 1360. The maximum absolute atomic E-state index is 13.0. The molecule has 0 radical (unpaired) electrons. The van der Waals surface area contributed by atoms with E-state index < -0.39 is 23.3 Å². The SMILES string of the molecule is COc1ncnc(OC)c1C(=O)Nc1nc2c(s1)c(=O)oc1cc(C(F)(F)F)ccc12. The fourth-order valence-electron chi connectivity index (χ4n) is 2.84. The molecule has 0 bridgehead atoms. The van der Waals surface area contributed by atoms with E-state index in [1.165, 1.54) is 14.2 Å². The predicted molar refractivity (Wildman–Crippen MR) is 104 cm³/mol. The number of aromatic nitrogens is 3. The van der Waals surface area contributed by atoms with Gasteiger partial charge in [-0.1, -0.05) is 11.3 Å². The van der Waals surface area contributed by atoms with Crippen molar-refractivity contribution in [3.05, 3.63) is 46.1 Å². The van der Waals surface area contributed by atoms with Crippen LogP contribution in [-0.2, 0) is 6.18 Å². The normalized spacial score (nSPS) is 11.6. The molecule has 3 aromatic heterocycles. The Morgan fingerprint density at radius 1 is 1.16 bits per heavy atom. The number of hydrogen-bond donors (Lipinski definition) is 1. The minimum atomic E-state index is -4.60. The second-order valence-electron chi connectivity index (χ2n) is 6.02. The van der Waals surface area contributed by atoms with Crippen molar-refractivity contribution in [2.75, 3.05) is 19.5 Å².